The minimum atomic E-state index is -1.04. The molecule has 0 fully saturated rings. The predicted octanol–water partition coefficient (Wildman–Crippen LogP) is 1.00. The van der Waals surface area contributed by atoms with Crippen LogP contribution in [-0.4, -0.2) is 38.6 Å². The van der Waals surface area contributed by atoms with Crippen LogP contribution in [0.4, 0.5) is 5.69 Å². The molecule has 8 heteroatoms. The van der Waals surface area contributed by atoms with Gasteiger partial charge in [-0.1, -0.05) is 12.1 Å². The molecule has 0 bridgehead atoms. The molecule has 0 aliphatic carbocycles. The maximum absolute atomic E-state index is 12.2. The van der Waals surface area contributed by atoms with Gasteiger partial charge in [-0.2, -0.15) is 5.10 Å². The van der Waals surface area contributed by atoms with Crippen LogP contribution < -0.4 is 10.5 Å². The smallest absolute Gasteiger partial charge is 0.303 e. The molecule has 23 heavy (non-hydrogen) atoms. The summed E-state index contributed by atoms with van der Waals surface area (Å²) < 4.78 is 1.55. The molecule has 0 aliphatic rings. The van der Waals surface area contributed by atoms with E-state index in [1.807, 2.05) is 0 Å². The number of hydrogen-bond acceptors (Lipinski definition) is 4. The van der Waals surface area contributed by atoms with Crippen LogP contribution >= 0.6 is 0 Å². The van der Waals surface area contributed by atoms with E-state index in [1.165, 1.54) is 18.1 Å². The lowest BCUT2D eigenvalue weighted by atomic mass is 10.2. The summed E-state index contributed by atoms with van der Waals surface area (Å²) in [6.45, 7) is 0. The predicted molar refractivity (Wildman–Crippen MR) is 83.6 cm³/mol. The van der Waals surface area contributed by atoms with Crippen LogP contribution in [0.3, 0.4) is 0 Å². The lowest BCUT2D eigenvalue weighted by Gasteiger charge is -2.15. The van der Waals surface area contributed by atoms with Crippen molar-refractivity contribution in [2.24, 2.45) is 0 Å². The molecule has 1 amide bonds. The first-order valence-corrected chi connectivity index (χ1v) is 6.96. The van der Waals surface area contributed by atoms with Crippen molar-refractivity contribution in [1.82, 2.24) is 14.6 Å². The Bertz CT molecular complexity index is 972. The number of nitrogens with zero attached hydrogens (tertiary/aromatic N) is 3. The molecule has 0 atom stereocenters. The highest BCUT2D eigenvalue weighted by molar-refractivity contribution is 5.98. The molecule has 1 aromatic carbocycles. The third-order valence-electron chi connectivity index (χ3n) is 3.65. The van der Waals surface area contributed by atoms with Crippen LogP contribution in [-0.2, 0) is 9.59 Å². The molecule has 3 aromatic rings. The summed E-state index contributed by atoms with van der Waals surface area (Å²) in [6, 6.07) is 7.01. The standard InChI is InChI=1S/C15H14N4O4/c1-18(12(20)6-7-13(21)22)11-8-16-19-10-5-3-2-4-9(10)15(23)17-14(11)19/h2-5,8H,6-7H2,1H3,(H,17,23)(H,21,22). The van der Waals surface area contributed by atoms with Gasteiger partial charge in [-0.05, 0) is 12.1 Å². The molecular weight excluding hydrogens is 300 g/mol. The van der Waals surface area contributed by atoms with E-state index in [1.54, 1.807) is 28.8 Å². The lowest BCUT2D eigenvalue weighted by Crippen LogP contribution is -2.27. The van der Waals surface area contributed by atoms with Gasteiger partial charge in [0.2, 0.25) is 5.91 Å². The minimum Gasteiger partial charge on any atom is -0.481 e. The number of carbonyl (C=O) groups excluding carboxylic acids is 1. The molecular formula is C15H14N4O4. The number of anilines is 1. The Labute approximate surface area is 130 Å². The summed E-state index contributed by atoms with van der Waals surface area (Å²) in [6.07, 6.45) is 1.10. The van der Waals surface area contributed by atoms with Crippen molar-refractivity contribution in [3.63, 3.8) is 0 Å². The maximum atomic E-state index is 12.2. The van der Waals surface area contributed by atoms with Crippen molar-refractivity contribution in [3.05, 3.63) is 40.8 Å². The Morgan fingerprint density at radius 1 is 1.30 bits per heavy atom. The molecule has 118 valence electrons. The number of aromatic amines is 1. The average molecular weight is 314 g/mol. The molecule has 2 N–H and O–H groups in total. The highest BCUT2D eigenvalue weighted by Gasteiger charge is 2.18. The SMILES string of the molecule is CN(C(=O)CCC(=O)O)c1cnn2c1[nH]c(=O)c1ccccc12. The Morgan fingerprint density at radius 3 is 2.78 bits per heavy atom. The lowest BCUT2D eigenvalue weighted by molar-refractivity contribution is -0.138. The van der Waals surface area contributed by atoms with Crippen LogP contribution in [0.5, 0.6) is 0 Å². The van der Waals surface area contributed by atoms with E-state index in [-0.39, 0.29) is 24.3 Å². The van der Waals surface area contributed by atoms with Crippen LogP contribution in [0.2, 0.25) is 0 Å². The van der Waals surface area contributed by atoms with Gasteiger partial charge in [-0.3, -0.25) is 14.4 Å². The number of rotatable bonds is 4. The third kappa shape index (κ3) is 2.54. The van der Waals surface area contributed by atoms with Crippen LogP contribution in [0.15, 0.2) is 35.3 Å². The average Bonchev–Trinajstić information content (AvgIpc) is 2.96. The first-order chi connectivity index (χ1) is 11.0. The zero-order valence-corrected chi connectivity index (χ0v) is 12.3. The van der Waals surface area contributed by atoms with Gasteiger partial charge in [0.25, 0.3) is 5.56 Å². The number of carboxylic acids is 1. The molecule has 2 heterocycles. The van der Waals surface area contributed by atoms with Gasteiger partial charge in [0.15, 0.2) is 5.65 Å². The zero-order chi connectivity index (χ0) is 16.6. The second-order valence-electron chi connectivity index (χ2n) is 5.11. The number of carboxylic acid groups (broad SMARTS) is 1. The van der Waals surface area contributed by atoms with Gasteiger partial charge >= 0.3 is 5.97 Å². The number of amides is 1. The normalized spacial score (nSPS) is 11.0. The van der Waals surface area contributed by atoms with E-state index in [4.69, 9.17) is 5.11 Å². The summed E-state index contributed by atoms with van der Waals surface area (Å²) in [4.78, 5) is 38.8. The van der Waals surface area contributed by atoms with Crippen LogP contribution in [0, 0.1) is 0 Å². The highest BCUT2D eigenvalue weighted by atomic mass is 16.4. The topological polar surface area (TPSA) is 108 Å². The van der Waals surface area contributed by atoms with E-state index in [2.05, 4.69) is 10.1 Å². The summed E-state index contributed by atoms with van der Waals surface area (Å²) >= 11 is 0. The molecule has 8 nitrogen and oxygen atoms in total. The Kier molecular flexibility index (Phi) is 3.57. The molecule has 0 aliphatic heterocycles. The number of carbonyl (C=O) groups is 2. The first-order valence-electron chi connectivity index (χ1n) is 6.96. The van der Waals surface area contributed by atoms with Crippen molar-refractivity contribution >= 4 is 34.1 Å². The summed E-state index contributed by atoms with van der Waals surface area (Å²) in [7, 11) is 1.52. The largest absolute Gasteiger partial charge is 0.481 e. The van der Waals surface area contributed by atoms with Crippen molar-refractivity contribution < 1.29 is 14.7 Å². The Morgan fingerprint density at radius 2 is 2.04 bits per heavy atom. The summed E-state index contributed by atoms with van der Waals surface area (Å²) in [5.74, 6) is -1.40. The highest BCUT2D eigenvalue weighted by Crippen LogP contribution is 2.21. The zero-order valence-electron chi connectivity index (χ0n) is 12.3. The Hall–Kier alpha value is -3.16. The maximum Gasteiger partial charge on any atom is 0.303 e. The summed E-state index contributed by atoms with van der Waals surface area (Å²) in [5.41, 5.74) is 1.16. The number of hydrogen-bond donors (Lipinski definition) is 2. The van der Waals surface area contributed by atoms with Crippen molar-refractivity contribution in [2.75, 3.05) is 11.9 Å². The first kappa shape index (κ1) is 14.8. The molecule has 3 rings (SSSR count). The fourth-order valence-electron chi connectivity index (χ4n) is 2.43. The van der Waals surface area contributed by atoms with Crippen molar-refractivity contribution in [2.45, 2.75) is 12.8 Å². The second kappa shape index (κ2) is 5.56. The fourth-order valence-corrected chi connectivity index (χ4v) is 2.43. The van der Waals surface area contributed by atoms with Gasteiger partial charge < -0.3 is 15.0 Å². The number of benzene rings is 1. The molecule has 0 saturated heterocycles. The number of H-pyrrole nitrogens is 1. The van der Waals surface area contributed by atoms with Crippen molar-refractivity contribution in [1.29, 1.82) is 0 Å². The van der Waals surface area contributed by atoms with Gasteiger partial charge in [0, 0.05) is 13.5 Å². The Balaban J connectivity index is 2.07. The number of para-hydroxylation sites is 1. The van der Waals surface area contributed by atoms with Gasteiger partial charge in [0.1, 0.15) is 5.69 Å². The number of aromatic nitrogens is 3. The monoisotopic (exact) mass is 314 g/mol. The van der Waals surface area contributed by atoms with E-state index in [0.29, 0.717) is 22.2 Å². The second-order valence-corrected chi connectivity index (χ2v) is 5.11. The van der Waals surface area contributed by atoms with Crippen LogP contribution in [0.25, 0.3) is 16.6 Å². The number of fused-ring (bicyclic) bond motifs is 3. The van der Waals surface area contributed by atoms with E-state index >= 15 is 0 Å². The number of nitrogens with one attached hydrogen (secondary N) is 1. The molecule has 0 spiro atoms. The van der Waals surface area contributed by atoms with E-state index < -0.39 is 5.97 Å². The van der Waals surface area contributed by atoms with E-state index in [9.17, 15) is 14.4 Å². The molecule has 2 aromatic heterocycles. The third-order valence-corrected chi connectivity index (χ3v) is 3.65. The molecule has 0 unspecified atom stereocenters. The minimum absolute atomic E-state index is 0.124. The van der Waals surface area contributed by atoms with E-state index in [0.717, 1.165) is 0 Å². The molecule has 0 radical (unpaired) electrons. The van der Waals surface area contributed by atoms with Gasteiger partial charge in [-0.25, -0.2) is 4.52 Å². The number of aliphatic carboxylic acids is 1. The summed E-state index contributed by atoms with van der Waals surface area (Å²) in [5, 5.41) is 13.4. The molecule has 0 saturated carbocycles. The van der Waals surface area contributed by atoms with Gasteiger partial charge in [0.05, 0.1) is 23.5 Å². The van der Waals surface area contributed by atoms with Crippen molar-refractivity contribution in [3.8, 4) is 0 Å². The van der Waals surface area contributed by atoms with Crippen LogP contribution in [0.1, 0.15) is 12.8 Å². The van der Waals surface area contributed by atoms with Gasteiger partial charge in [-0.15, -0.1) is 0 Å². The fraction of sp³-hybridized carbons (Fsp3) is 0.200. The quantitative estimate of drug-likeness (QED) is 0.747.